The zero-order chi connectivity index (χ0) is 13.8. The number of anilines is 1. The Labute approximate surface area is 116 Å². The van der Waals surface area contributed by atoms with Gasteiger partial charge in [0.25, 0.3) is 0 Å². The van der Waals surface area contributed by atoms with Crippen LogP contribution < -0.4 is 5.32 Å². The number of likely N-dealkylation sites (tertiary alicyclic amines) is 1. The van der Waals surface area contributed by atoms with E-state index in [9.17, 15) is 4.39 Å². The van der Waals surface area contributed by atoms with Crippen LogP contribution in [0.4, 0.5) is 10.1 Å². The number of rotatable bonds is 3. The first-order valence-corrected chi connectivity index (χ1v) is 7.33. The van der Waals surface area contributed by atoms with Crippen molar-refractivity contribution in [2.75, 3.05) is 18.4 Å². The van der Waals surface area contributed by atoms with Crippen molar-refractivity contribution in [1.82, 2.24) is 4.90 Å². The molecule has 1 aliphatic rings. The average molecular weight is 264 g/mol. The Hall–Kier alpha value is -1.09. The molecule has 2 nitrogen and oxygen atoms in total. The highest BCUT2D eigenvalue weighted by molar-refractivity contribution is 5.47. The highest BCUT2D eigenvalue weighted by atomic mass is 19.1. The van der Waals surface area contributed by atoms with E-state index in [2.05, 4.69) is 24.1 Å². The summed E-state index contributed by atoms with van der Waals surface area (Å²) in [6.07, 6.45) is 3.39. The van der Waals surface area contributed by atoms with E-state index in [0.29, 0.717) is 17.8 Å². The second-order valence-electron chi connectivity index (χ2n) is 5.89. The fourth-order valence-corrected chi connectivity index (χ4v) is 2.74. The van der Waals surface area contributed by atoms with Crippen molar-refractivity contribution in [3.8, 4) is 0 Å². The average Bonchev–Trinajstić information content (AvgIpc) is 2.58. The van der Waals surface area contributed by atoms with Crippen molar-refractivity contribution >= 4 is 5.69 Å². The predicted molar refractivity (Wildman–Crippen MR) is 79.1 cm³/mol. The quantitative estimate of drug-likeness (QED) is 0.893. The summed E-state index contributed by atoms with van der Waals surface area (Å²) in [5, 5.41) is 3.37. The molecule has 19 heavy (non-hydrogen) atoms. The Balaban J connectivity index is 1.96. The number of aryl methyl sites for hydroxylation is 1. The van der Waals surface area contributed by atoms with Crippen molar-refractivity contribution in [1.29, 1.82) is 0 Å². The number of nitrogens with one attached hydrogen (secondary N) is 1. The van der Waals surface area contributed by atoms with Crippen LogP contribution in [0.1, 0.15) is 38.7 Å². The van der Waals surface area contributed by atoms with E-state index in [1.165, 1.54) is 6.42 Å². The molecule has 1 fully saturated rings. The van der Waals surface area contributed by atoms with E-state index in [1.54, 1.807) is 6.07 Å². The third-order valence-electron chi connectivity index (χ3n) is 3.98. The third-order valence-corrected chi connectivity index (χ3v) is 3.98. The minimum Gasteiger partial charge on any atom is -0.380 e. The molecule has 1 aliphatic heterocycles. The fourth-order valence-electron chi connectivity index (χ4n) is 2.74. The molecular weight excluding hydrogens is 239 g/mol. The van der Waals surface area contributed by atoms with Crippen LogP contribution in [-0.2, 0) is 0 Å². The van der Waals surface area contributed by atoms with Gasteiger partial charge in [-0.15, -0.1) is 0 Å². The molecular formula is C16H25FN2. The second kappa shape index (κ2) is 6.38. The first-order valence-electron chi connectivity index (χ1n) is 7.33. The van der Waals surface area contributed by atoms with Crippen LogP contribution in [0.25, 0.3) is 0 Å². The molecule has 2 rings (SSSR count). The zero-order valence-corrected chi connectivity index (χ0v) is 12.2. The lowest BCUT2D eigenvalue weighted by atomic mass is 10.1. The Bertz CT molecular complexity index is 417. The van der Waals surface area contributed by atoms with Gasteiger partial charge in [-0.3, -0.25) is 0 Å². The maximum atomic E-state index is 13.8. The number of halogens is 1. The van der Waals surface area contributed by atoms with E-state index >= 15 is 0 Å². The summed E-state index contributed by atoms with van der Waals surface area (Å²) >= 11 is 0. The molecule has 0 aromatic heterocycles. The first kappa shape index (κ1) is 14.3. The van der Waals surface area contributed by atoms with Gasteiger partial charge in [0.15, 0.2) is 0 Å². The number of hydrogen-bond acceptors (Lipinski definition) is 2. The van der Waals surface area contributed by atoms with Crippen molar-refractivity contribution in [2.24, 2.45) is 0 Å². The summed E-state index contributed by atoms with van der Waals surface area (Å²) in [5.74, 6) is -0.134. The maximum Gasteiger partial charge on any atom is 0.146 e. The predicted octanol–water partition coefficient (Wildman–Crippen LogP) is 3.81. The molecule has 1 aromatic carbocycles. The molecule has 0 bridgehead atoms. The normalized spacial score (nSPS) is 21.4. The first-order chi connectivity index (χ1) is 9.06. The summed E-state index contributed by atoms with van der Waals surface area (Å²) in [4.78, 5) is 2.51. The van der Waals surface area contributed by atoms with Crippen LogP contribution in [0, 0.1) is 12.7 Å². The molecule has 3 heteroatoms. The summed E-state index contributed by atoms with van der Waals surface area (Å²) in [6, 6.07) is 6.41. The molecule has 1 aromatic rings. The summed E-state index contributed by atoms with van der Waals surface area (Å²) in [5.41, 5.74) is 1.61. The van der Waals surface area contributed by atoms with Crippen molar-refractivity contribution in [2.45, 2.75) is 52.1 Å². The highest BCUT2D eigenvalue weighted by Gasteiger charge is 2.19. The van der Waals surface area contributed by atoms with E-state index in [-0.39, 0.29) is 5.82 Å². The van der Waals surface area contributed by atoms with E-state index in [1.807, 2.05) is 19.1 Å². The van der Waals surface area contributed by atoms with Gasteiger partial charge in [-0.1, -0.05) is 6.07 Å². The lowest BCUT2D eigenvalue weighted by Crippen LogP contribution is -2.32. The van der Waals surface area contributed by atoms with Crippen LogP contribution in [0.2, 0.25) is 0 Å². The summed E-state index contributed by atoms with van der Waals surface area (Å²) in [6.45, 7) is 8.66. The maximum absolute atomic E-state index is 13.8. The lowest BCUT2D eigenvalue weighted by Gasteiger charge is -2.24. The molecule has 1 N–H and O–H groups in total. The van der Waals surface area contributed by atoms with Gasteiger partial charge < -0.3 is 10.2 Å². The van der Waals surface area contributed by atoms with Crippen LogP contribution >= 0.6 is 0 Å². The van der Waals surface area contributed by atoms with Crippen LogP contribution in [0.5, 0.6) is 0 Å². The molecule has 1 unspecified atom stereocenters. The summed E-state index contributed by atoms with van der Waals surface area (Å²) < 4.78 is 13.8. The van der Waals surface area contributed by atoms with Crippen molar-refractivity contribution < 1.29 is 4.39 Å². The fraction of sp³-hybridized carbons (Fsp3) is 0.625. The zero-order valence-electron chi connectivity index (χ0n) is 12.2. The van der Waals surface area contributed by atoms with Crippen molar-refractivity contribution in [3.05, 3.63) is 29.6 Å². The molecule has 1 heterocycles. The summed E-state index contributed by atoms with van der Waals surface area (Å²) in [7, 11) is 0. The minimum atomic E-state index is -0.134. The number of benzene rings is 1. The van der Waals surface area contributed by atoms with Crippen LogP contribution in [0.3, 0.4) is 0 Å². The lowest BCUT2D eigenvalue weighted by molar-refractivity contribution is 0.230. The topological polar surface area (TPSA) is 15.3 Å². The highest BCUT2D eigenvalue weighted by Crippen LogP contribution is 2.21. The third kappa shape index (κ3) is 3.93. The van der Waals surface area contributed by atoms with E-state index < -0.39 is 0 Å². The molecule has 106 valence electrons. The van der Waals surface area contributed by atoms with Gasteiger partial charge in [-0.25, -0.2) is 4.39 Å². The minimum absolute atomic E-state index is 0.134. The second-order valence-corrected chi connectivity index (χ2v) is 5.89. The van der Waals surface area contributed by atoms with Gasteiger partial charge in [0.05, 0.1) is 5.69 Å². The smallest absolute Gasteiger partial charge is 0.146 e. The molecule has 0 spiro atoms. The molecule has 0 aliphatic carbocycles. The van der Waals surface area contributed by atoms with Gasteiger partial charge in [0.1, 0.15) is 5.82 Å². The molecule has 1 saturated heterocycles. The monoisotopic (exact) mass is 264 g/mol. The van der Waals surface area contributed by atoms with Crippen molar-refractivity contribution in [3.63, 3.8) is 0 Å². The Morgan fingerprint density at radius 1 is 1.26 bits per heavy atom. The van der Waals surface area contributed by atoms with Crippen LogP contribution in [-0.4, -0.2) is 30.1 Å². The molecule has 0 amide bonds. The SMILES string of the molecule is Cc1ccc(NC2CCCN(C(C)C)CC2)c(F)c1. The Kier molecular flexibility index (Phi) is 4.81. The van der Waals surface area contributed by atoms with Gasteiger partial charge in [-0.2, -0.15) is 0 Å². The van der Waals surface area contributed by atoms with Gasteiger partial charge >= 0.3 is 0 Å². The number of hydrogen-bond donors (Lipinski definition) is 1. The van der Waals surface area contributed by atoms with Gasteiger partial charge in [0.2, 0.25) is 0 Å². The van der Waals surface area contributed by atoms with Gasteiger partial charge in [0, 0.05) is 18.6 Å². The largest absolute Gasteiger partial charge is 0.380 e. The Morgan fingerprint density at radius 2 is 2.05 bits per heavy atom. The molecule has 0 saturated carbocycles. The van der Waals surface area contributed by atoms with Crippen LogP contribution in [0.15, 0.2) is 18.2 Å². The molecule has 1 atom stereocenters. The molecule has 0 radical (unpaired) electrons. The Morgan fingerprint density at radius 3 is 2.74 bits per heavy atom. The standard InChI is InChI=1S/C16H25FN2/c1-12(2)19-9-4-5-14(8-10-19)18-16-7-6-13(3)11-15(16)17/h6-7,11-12,14,18H,4-5,8-10H2,1-3H3. The van der Waals surface area contributed by atoms with Gasteiger partial charge in [-0.05, 0) is 64.3 Å². The number of nitrogens with zero attached hydrogens (tertiary/aromatic N) is 1. The van der Waals surface area contributed by atoms with E-state index in [0.717, 1.165) is 31.5 Å². The van der Waals surface area contributed by atoms with E-state index in [4.69, 9.17) is 0 Å².